The van der Waals surface area contributed by atoms with Crippen molar-refractivity contribution in [2.45, 2.75) is 25.4 Å². The molecule has 0 aliphatic carbocycles. The fourth-order valence-corrected chi connectivity index (χ4v) is 3.14. The van der Waals surface area contributed by atoms with Crippen LogP contribution >= 0.6 is 0 Å². The molecule has 0 N–H and O–H groups in total. The van der Waals surface area contributed by atoms with Crippen LogP contribution in [0.1, 0.15) is 11.3 Å². The van der Waals surface area contributed by atoms with E-state index in [0.29, 0.717) is 32.7 Å². The molecule has 0 radical (unpaired) electrons. The van der Waals surface area contributed by atoms with Crippen molar-refractivity contribution in [2.75, 3.05) is 18.2 Å². The number of aromatic nitrogens is 2. The van der Waals surface area contributed by atoms with Crippen molar-refractivity contribution in [1.82, 2.24) is 9.55 Å². The van der Waals surface area contributed by atoms with E-state index < -0.39 is 0 Å². The van der Waals surface area contributed by atoms with E-state index in [1.54, 1.807) is 10.6 Å². The Balaban J connectivity index is 1.57. The molecule has 2 aliphatic rings. The van der Waals surface area contributed by atoms with Crippen LogP contribution in [0, 0.1) is 5.82 Å². The Morgan fingerprint density at radius 3 is 3.09 bits per heavy atom. The van der Waals surface area contributed by atoms with Crippen molar-refractivity contribution in [1.29, 1.82) is 0 Å². The number of fused-ring (bicyclic) bond motifs is 3. The average Bonchev–Trinajstić information content (AvgIpc) is 3.07. The van der Waals surface area contributed by atoms with Crippen LogP contribution in [0.3, 0.4) is 0 Å². The van der Waals surface area contributed by atoms with Gasteiger partial charge in [0, 0.05) is 6.07 Å². The average molecular weight is 301 g/mol. The number of anilines is 1. The van der Waals surface area contributed by atoms with Crippen molar-refractivity contribution < 1.29 is 9.13 Å². The molecule has 0 bridgehead atoms. The summed E-state index contributed by atoms with van der Waals surface area (Å²) >= 11 is 0. The molecule has 0 spiro atoms. The van der Waals surface area contributed by atoms with E-state index in [1.807, 2.05) is 12.1 Å². The minimum atomic E-state index is -0.239. The summed E-state index contributed by atoms with van der Waals surface area (Å²) < 4.78 is 20.3. The third-order valence-corrected chi connectivity index (χ3v) is 4.27. The van der Waals surface area contributed by atoms with Gasteiger partial charge in [0.05, 0.1) is 24.9 Å². The lowest BCUT2D eigenvalue weighted by Crippen LogP contribution is -2.26. The largest absolute Gasteiger partial charge is 0.359 e. The summed E-state index contributed by atoms with van der Waals surface area (Å²) in [6, 6.07) is 8.72. The van der Waals surface area contributed by atoms with E-state index in [2.05, 4.69) is 9.88 Å². The van der Waals surface area contributed by atoms with E-state index >= 15 is 0 Å². The summed E-state index contributed by atoms with van der Waals surface area (Å²) in [6.45, 7) is 1.82. The standard InChI is InChI=1S/C16H16FN3O2/c17-12-3-1-2-11(6-12)4-5-13-7-15-19(16(21)18-13)8-14-9-22-10-20(14)15/h1-3,6-7,14H,4-5,8-10H2/t14-/m0/s1. The molecule has 1 aromatic carbocycles. The number of hydrogen-bond acceptors (Lipinski definition) is 4. The Bertz CT molecular complexity index is 774. The van der Waals surface area contributed by atoms with Crippen molar-refractivity contribution >= 4 is 5.82 Å². The maximum Gasteiger partial charge on any atom is 0.349 e. The Labute approximate surface area is 127 Å². The van der Waals surface area contributed by atoms with Gasteiger partial charge in [0.1, 0.15) is 18.4 Å². The topological polar surface area (TPSA) is 47.4 Å². The lowest BCUT2D eigenvalue weighted by atomic mass is 10.1. The van der Waals surface area contributed by atoms with E-state index in [9.17, 15) is 9.18 Å². The summed E-state index contributed by atoms with van der Waals surface area (Å²) in [4.78, 5) is 18.4. The van der Waals surface area contributed by atoms with Gasteiger partial charge in [-0.15, -0.1) is 0 Å². The summed E-state index contributed by atoms with van der Waals surface area (Å²) in [7, 11) is 0. The fourth-order valence-electron chi connectivity index (χ4n) is 3.14. The molecule has 0 saturated carbocycles. The zero-order chi connectivity index (χ0) is 15.1. The first kappa shape index (κ1) is 13.5. The quantitative estimate of drug-likeness (QED) is 0.858. The van der Waals surface area contributed by atoms with Gasteiger partial charge in [-0.05, 0) is 30.5 Å². The minimum Gasteiger partial charge on any atom is -0.359 e. The molecule has 0 unspecified atom stereocenters. The van der Waals surface area contributed by atoms with Gasteiger partial charge in [-0.1, -0.05) is 12.1 Å². The molecule has 2 aliphatic heterocycles. The van der Waals surface area contributed by atoms with Crippen molar-refractivity contribution in [3.63, 3.8) is 0 Å². The van der Waals surface area contributed by atoms with Crippen LogP contribution in [-0.4, -0.2) is 28.9 Å². The molecular formula is C16H16FN3O2. The second-order valence-electron chi connectivity index (χ2n) is 5.75. The van der Waals surface area contributed by atoms with Crippen LogP contribution in [0.25, 0.3) is 0 Å². The van der Waals surface area contributed by atoms with Gasteiger partial charge in [0.25, 0.3) is 0 Å². The zero-order valence-corrected chi connectivity index (χ0v) is 12.0. The summed E-state index contributed by atoms with van der Waals surface area (Å²) in [5, 5.41) is 0. The van der Waals surface area contributed by atoms with Crippen molar-refractivity contribution in [3.8, 4) is 0 Å². The minimum absolute atomic E-state index is 0.207. The first-order chi connectivity index (χ1) is 10.7. The van der Waals surface area contributed by atoms with Crippen LogP contribution in [-0.2, 0) is 24.1 Å². The van der Waals surface area contributed by atoms with Gasteiger partial charge < -0.3 is 9.64 Å². The molecule has 5 nitrogen and oxygen atoms in total. The molecule has 4 rings (SSSR count). The molecule has 0 amide bonds. The number of nitrogens with zero attached hydrogens (tertiary/aromatic N) is 3. The monoisotopic (exact) mass is 301 g/mol. The highest BCUT2D eigenvalue weighted by Gasteiger charge is 2.34. The normalized spacial score (nSPS) is 19.3. The molecule has 1 aromatic heterocycles. The van der Waals surface area contributed by atoms with Crippen LogP contribution in [0.4, 0.5) is 10.2 Å². The van der Waals surface area contributed by atoms with Gasteiger partial charge in [-0.2, -0.15) is 4.98 Å². The third-order valence-electron chi connectivity index (χ3n) is 4.27. The highest BCUT2D eigenvalue weighted by atomic mass is 19.1. The second-order valence-corrected chi connectivity index (χ2v) is 5.75. The summed E-state index contributed by atoms with van der Waals surface area (Å²) in [5.41, 5.74) is 1.44. The van der Waals surface area contributed by atoms with E-state index in [4.69, 9.17) is 4.74 Å². The molecule has 6 heteroatoms. The van der Waals surface area contributed by atoms with Crippen LogP contribution in [0.15, 0.2) is 35.1 Å². The first-order valence-electron chi connectivity index (χ1n) is 7.40. The predicted molar refractivity (Wildman–Crippen MR) is 79.4 cm³/mol. The summed E-state index contributed by atoms with van der Waals surface area (Å²) in [6.07, 6.45) is 1.28. The highest BCUT2D eigenvalue weighted by molar-refractivity contribution is 5.46. The third kappa shape index (κ3) is 2.29. The van der Waals surface area contributed by atoms with Gasteiger partial charge in [0.2, 0.25) is 0 Å². The maximum absolute atomic E-state index is 13.2. The number of benzene rings is 1. The number of hydrogen-bond donors (Lipinski definition) is 0. The van der Waals surface area contributed by atoms with E-state index in [-0.39, 0.29) is 17.5 Å². The first-order valence-corrected chi connectivity index (χ1v) is 7.40. The zero-order valence-electron chi connectivity index (χ0n) is 12.0. The molecule has 2 aromatic rings. The Kier molecular flexibility index (Phi) is 3.18. The number of ether oxygens (including phenoxy) is 1. The van der Waals surface area contributed by atoms with Crippen LogP contribution in [0.2, 0.25) is 0 Å². The fraction of sp³-hybridized carbons (Fsp3) is 0.375. The molecule has 22 heavy (non-hydrogen) atoms. The highest BCUT2D eigenvalue weighted by Crippen LogP contribution is 2.28. The van der Waals surface area contributed by atoms with E-state index in [1.165, 1.54) is 12.1 Å². The molecular weight excluding hydrogens is 285 g/mol. The van der Waals surface area contributed by atoms with Gasteiger partial charge >= 0.3 is 5.69 Å². The van der Waals surface area contributed by atoms with Crippen molar-refractivity contribution in [2.24, 2.45) is 0 Å². The van der Waals surface area contributed by atoms with Crippen molar-refractivity contribution in [3.05, 3.63) is 57.9 Å². The smallest absolute Gasteiger partial charge is 0.349 e. The van der Waals surface area contributed by atoms with Crippen LogP contribution in [0.5, 0.6) is 0 Å². The summed E-state index contributed by atoms with van der Waals surface area (Å²) in [5.74, 6) is 0.647. The van der Waals surface area contributed by atoms with Gasteiger partial charge in [0.15, 0.2) is 0 Å². The maximum atomic E-state index is 13.2. The molecule has 1 atom stereocenters. The van der Waals surface area contributed by atoms with Gasteiger partial charge in [-0.3, -0.25) is 4.57 Å². The second kappa shape index (κ2) is 5.21. The number of rotatable bonds is 3. The van der Waals surface area contributed by atoms with Gasteiger partial charge in [-0.25, -0.2) is 9.18 Å². The van der Waals surface area contributed by atoms with Crippen LogP contribution < -0.4 is 10.6 Å². The predicted octanol–water partition coefficient (Wildman–Crippen LogP) is 1.34. The van der Waals surface area contributed by atoms with E-state index in [0.717, 1.165) is 17.1 Å². The molecule has 1 saturated heterocycles. The Morgan fingerprint density at radius 2 is 2.23 bits per heavy atom. The number of aryl methyl sites for hydroxylation is 2. The Hall–Kier alpha value is -2.21. The Morgan fingerprint density at radius 1 is 1.32 bits per heavy atom. The SMILES string of the molecule is O=c1nc(CCc2cccc(F)c2)cc2n1C[C@H]1COCN21. The lowest BCUT2D eigenvalue weighted by Gasteiger charge is -2.15. The number of halogens is 1. The molecule has 1 fully saturated rings. The molecule has 3 heterocycles. The lowest BCUT2D eigenvalue weighted by molar-refractivity contribution is 0.189. The molecule has 114 valence electrons.